The third-order valence-corrected chi connectivity index (χ3v) is 6.15. The molecule has 0 unspecified atom stereocenters. The van der Waals surface area contributed by atoms with E-state index < -0.39 is 10.0 Å². The average Bonchev–Trinajstić information content (AvgIpc) is 3.28. The lowest BCUT2D eigenvalue weighted by molar-refractivity contribution is 0.138. The van der Waals surface area contributed by atoms with Crippen LogP contribution in [0.25, 0.3) is 0 Å². The van der Waals surface area contributed by atoms with E-state index in [1.165, 1.54) is 0 Å². The molecule has 0 spiro atoms. The van der Waals surface area contributed by atoms with Crippen LogP contribution in [0.5, 0.6) is 5.88 Å². The maximum absolute atomic E-state index is 11.9. The SMILES string of the molecule is Cc1ccc(OC2CCC(NS(=O)(=O)C3CC3)CC2)nc1. The van der Waals surface area contributed by atoms with Crippen LogP contribution in [0.2, 0.25) is 0 Å². The fourth-order valence-electron chi connectivity index (χ4n) is 2.70. The molecule has 0 aromatic carbocycles. The van der Waals surface area contributed by atoms with E-state index in [0.717, 1.165) is 44.1 Å². The van der Waals surface area contributed by atoms with Crippen molar-refractivity contribution in [1.29, 1.82) is 0 Å². The Labute approximate surface area is 126 Å². The van der Waals surface area contributed by atoms with Crippen molar-refractivity contribution in [1.82, 2.24) is 9.71 Å². The van der Waals surface area contributed by atoms with E-state index >= 15 is 0 Å². The standard InChI is InChI=1S/C15H22N2O3S/c1-11-2-9-15(16-10-11)20-13-5-3-12(4-6-13)17-21(18,19)14-7-8-14/h2,9-10,12-14,17H,3-8H2,1H3. The Morgan fingerprint density at radius 3 is 2.43 bits per heavy atom. The summed E-state index contributed by atoms with van der Waals surface area (Å²) in [5.74, 6) is 0.655. The Morgan fingerprint density at radius 1 is 1.14 bits per heavy atom. The van der Waals surface area contributed by atoms with Gasteiger partial charge in [-0.05, 0) is 51.0 Å². The third kappa shape index (κ3) is 3.95. The molecule has 1 N–H and O–H groups in total. The van der Waals surface area contributed by atoms with Crippen LogP contribution in [-0.2, 0) is 10.0 Å². The normalized spacial score (nSPS) is 26.5. The molecule has 2 aliphatic rings. The van der Waals surface area contributed by atoms with Crippen LogP contribution >= 0.6 is 0 Å². The number of nitrogens with one attached hydrogen (secondary N) is 1. The summed E-state index contributed by atoms with van der Waals surface area (Å²) in [5.41, 5.74) is 1.11. The van der Waals surface area contributed by atoms with Crippen molar-refractivity contribution in [3.63, 3.8) is 0 Å². The fraction of sp³-hybridized carbons (Fsp3) is 0.667. The van der Waals surface area contributed by atoms with Crippen LogP contribution in [0.1, 0.15) is 44.1 Å². The Hall–Kier alpha value is -1.14. The number of rotatable bonds is 5. The highest BCUT2D eigenvalue weighted by molar-refractivity contribution is 7.90. The van der Waals surface area contributed by atoms with Crippen molar-refractivity contribution in [2.24, 2.45) is 0 Å². The Bertz CT molecular complexity index is 573. The van der Waals surface area contributed by atoms with E-state index in [1.807, 2.05) is 19.1 Å². The molecule has 116 valence electrons. The van der Waals surface area contributed by atoms with Crippen LogP contribution in [0, 0.1) is 6.92 Å². The maximum atomic E-state index is 11.9. The van der Waals surface area contributed by atoms with Gasteiger partial charge in [-0.1, -0.05) is 6.07 Å². The van der Waals surface area contributed by atoms with Crippen LogP contribution in [0.4, 0.5) is 0 Å². The molecule has 0 atom stereocenters. The molecule has 1 heterocycles. The number of aromatic nitrogens is 1. The van der Waals surface area contributed by atoms with Crippen LogP contribution in [0.15, 0.2) is 18.3 Å². The number of ether oxygens (including phenoxy) is 1. The minimum atomic E-state index is -3.07. The third-order valence-electron chi connectivity index (χ3n) is 4.14. The largest absolute Gasteiger partial charge is 0.474 e. The predicted octanol–water partition coefficient (Wildman–Crippen LogP) is 2.16. The van der Waals surface area contributed by atoms with Gasteiger partial charge < -0.3 is 4.74 Å². The van der Waals surface area contributed by atoms with Gasteiger partial charge in [0.15, 0.2) is 0 Å². The zero-order chi connectivity index (χ0) is 14.9. The summed E-state index contributed by atoms with van der Waals surface area (Å²) in [6.45, 7) is 1.99. The predicted molar refractivity (Wildman–Crippen MR) is 80.7 cm³/mol. The second-order valence-corrected chi connectivity index (χ2v) is 8.12. The molecule has 0 bridgehead atoms. The van der Waals surface area contributed by atoms with Crippen LogP contribution in [0.3, 0.4) is 0 Å². The highest BCUT2D eigenvalue weighted by atomic mass is 32.2. The highest BCUT2D eigenvalue weighted by Crippen LogP contribution is 2.29. The van der Waals surface area contributed by atoms with Gasteiger partial charge in [0, 0.05) is 18.3 Å². The summed E-state index contributed by atoms with van der Waals surface area (Å²) in [4.78, 5) is 4.25. The summed E-state index contributed by atoms with van der Waals surface area (Å²) >= 11 is 0. The number of nitrogens with zero attached hydrogens (tertiary/aromatic N) is 1. The second kappa shape index (κ2) is 5.93. The summed E-state index contributed by atoms with van der Waals surface area (Å²) in [5, 5.41) is -0.136. The smallest absolute Gasteiger partial charge is 0.214 e. The first-order chi connectivity index (χ1) is 10.0. The van der Waals surface area contributed by atoms with Gasteiger partial charge in [-0.15, -0.1) is 0 Å². The van der Waals surface area contributed by atoms with Gasteiger partial charge in [-0.25, -0.2) is 18.1 Å². The molecule has 1 aromatic rings. The molecular weight excluding hydrogens is 288 g/mol. The molecule has 3 rings (SSSR count). The lowest BCUT2D eigenvalue weighted by Gasteiger charge is -2.29. The zero-order valence-corrected chi connectivity index (χ0v) is 13.1. The number of pyridine rings is 1. The Balaban J connectivity index is 1.47. The van der Waals surface area contributed by atoms with Gasteiger partial charge in [0.1, 0.15) is 6.10 Å². The molecule has 2 saturated carbocycles. The van der Waals surface area contributed by atoms with E-state index in [4.69, 9.17) is 4.74 Å². The zero-order valence-electron chi connectivity index (χ0n) is 12.3. The monoisotopic (exact) mass is 310 g/mol. The molecule has 0 saturated heterocycles. The van der Waals surface area contributed by atoms with E-state index in [1.54, 1.807) is 6.20 Å². The van der Waals surface area contributed by atoms with Gasteiger partial charge in [-0.2, -0.15) is 0 Å². The first-order valence-corrected chi connectivity index (χ1v) is 9.18. The first-order valence-electron chi connectivity index (χ1n) is 7.63. The van der Waals surface area contributed by atoms with E-state index in [2.05, 4.69) is 9.71 Å². The molecule has 5 nitrogen and oxygen atoms in total. The van der Waals surface area contributed by atoms with Crippen LogP contribution < -0.4 is 9.46 Å². The number of hydrogen-bond donors (Lipinski definition) is 1. The topological polar surface area (TPSA) is 68.3 Å². The molecule has 21 heavy (non-hydrogen) atoms. The maximum Gasteiger partial charge on any atom is 0.214 e. The van der Waals surface area contributed by atoms with Crippen molar-refractivity contribution in [2.45, 2.75) is 62.8 Å². The van der Waals surface area contributed by atoms with Gasteiger partial charge >= 0.3 is 0 Å². The van der Waals surface area contributed by atoms with Gasteiger partial charge in [-0.3, -0.25) is 0 Å². The second-order valence-electron chi connectivity index (χ2n) is 6.13. The Kier molecular flexibility index (Phi) is 4.17. The molecule has 2 aliphatic carbocycles. The van der Waals surface area contributed by atoms with E-state index in [-0.39, 0.29) is 17.4 Å². The molecule has 0 aliphatic heterocycles. The van der Waals surface area contributed by atoms with E-state index in [0.29, 0.717) is 5.88 Å². The molecule has 6 heteroatoms. The number of hydrogen-bond acceptors (Lipinski definition) is 4. The number of sulfonamides is 1. The summed E-state index contributed by atoms with van der Waals surface area (Å²) in [6.07, 6.45) is 6.97. The lowest BCUT2D eigenvalue weighted by atomic mass is 9.94. The quantitative estimate of drug-likeness (QED) is 0.905. The minimum absolute atomic E-state index is 0.0708. The molecule has 0 amide bonds. The van der Waals surface area contributed by atoms with Gasteiger partial charge in [0.05, 0.1) is 5.25 Å². The molecule has 0 radical (unpaired) electrons. The lowest BCUT2D eigenvalue weighted by Crippen LogP contribution is -2.41. The molecule has 1 aromatic heterocycles. The summed E-state index contributed by atoms with van der Waals surface area (Å²) in [6, 6.07) is 3.94. The molecule has 2 fully saturated rings. The highest BCUT2D eigenvalue weighted by Gasteiger charge is 2.37. The van der Waals surface area contributed by atoms with Crippen molar-refractivity contribution >= 4 is 10.0 Å². The summed E-state index contributed by atoms with van der Waals surface area (Å²) in [7, 11) is -3.07. The minimum Gasteiger partial charge on any atom is -0.474 e. The first kappa shape index (κ1) is 14.8. The van der Waals surface area contributed by atoms with Gasteiger partial charge in [0.2, 0.25) is 15.9 Å². The van der Waals surface area contributed by atoms with Crippen molar-refractivity contribution < 1.29 is 13.2 Å². The number of aryl methyl sites for hydroxylation is 1. The Morgan fingerprint density at radius 2 is 1.86 bits per heavy atom. The van der Waals surface area contributed by atoms with Gasteiger partial charge in [0.25, 0.3) is 0 Å². The fourth-order valence-corrected chi connectivity index (χ4v) is 4.35. The van der Waals surface area contributed by atoms with Crippen molar-refractivity contribution in [3.05, 3.63) is 23.9 Å². The molecular formula is C15H22N2O3S. The van der Waals surface area contributed by atoms with Crippen molar-refractivity contribution in [3.8, 4) is 5.88 Å². The van der Waals surface area contributed by atoms with Crippen LogP contribution in [-0.4, -0.2) is 30.8 Å². The average molecular weight is 310 g/mol. The summed E-state index contributed by atoms with van der Waals surface area (Å²) < 4.78 is 32.5. The van der Waals surface area contributed by atoms with Crippen molar-refractivity contribution in [2.75, 3.05) is 0 Å². The van der Waals surface area contributed by atoms with E-state index in [9.17, 15) is 8.42 Å².